The molecule has 0 aliphatic heterocycles. The predicted molar refractivity (Wildman–Crippen MR) is 95.6 cm³/mol. The standard InChI is InChI=1S/C21H31N/c22-16-20(17-10-4-1-5-11-17)21(18-12-6-2-7-13-18)19-14-8-3-9-15-19/h1,4-5,10-11,18-19H,2-3,6-9,12-16,22H2. The molecule has 120 valence electrons. The number of nitrogens with two attached hydrogens (primary N) is 1. The first-order valence-corrected chi connectivity index (χ1v) is 9.38. The highest BCUT2D eigenvalue weighted by atomic mass is 14.5. The summed E-state index contributed by atoms with van der Waals surface area (Å²) in [5.41, 5.74) is 10.9. The van der Waals surface area contributed by atoms with Crippen molar-refractivity contribution >= 4 is 5.57 Å². The first-order valence-electron chi connectivity index (χ1n) is 9.38. The zero-order valence-corrected chi connectivity index (χ0v) is 13.9. The molecule has 1 aromatic rings. The maximum atomic E-state index is 6.26. The fourth-order valence-electron chi connectivity index (χ4n) is 4.70. The molecule has 0 amide bonds. The van der Waals surface area contributed by atoms with Gasteiger partial charge in [0.2, 0.25) is 0 Å². The molecular weight excluding hydrogens is 266 g/mol. The van der Waals surface area contributed by atoms with Crippen LogP contribution in [0.15, 0.2) is 35.9 Å². The molecule has 0 atom stereocenters. The molecule has 2 saturated carbocycles. The van der Waals surface area contributed by atoms with Crippen molar-refractivity contribution in [3.05, 3.63) is 41.5 Å². The van der Waals surface area contributed by atoms with Crippen molar-refractivity contribution < 1.29 is 0 Å². The van der Waals surface area contributed by atoms with Crippen molar-refractivity contribution in [2.75, 3.05) is 6.54 Å². The molecule has 0 radical (unpaired) electrons. The molecule has 2 N–H and O–H groups in total. The molecule has 3 rings (SSSR count). The first kappa shape index (κ1) is 15.8. The highest BCUT2D eigenvalue weighted by molar-refractivity contribution is 5.70. The smallest absolute Gasteiger partial charge is 0.0183 e. The van der Waals surface area contributed by atoms with Crippen LogP contribution in [0.4, 0.5) is 0 Å². The highest BCUT2D eigenvalue weighted by Gasteiger charge is 2.28. The van der Waals surface area contributed by atoms with Crippen LogP contribution in [-0.2, 0) is 0 Å². The number of rotatable bonds is 4. The van der Waals surface area contributed by atoms with Crippen LogP contribution in [0.1, 0.15) is 69.8 Å². The second-order valence-corrected chi connectivity index (χ2v) is 7.17. The average molecular weight is 297 g/mol. The Morgan fingerprint density at radius 2 is 1.27 bits per heavy atom. The maximum absolute atomic E-state index is 6.26. The molecule has 0 unspecified atom stereocenters. The molecule has 22 heavy (non-hydrogen) atoms. The summed E-state index contributed by atoms with van der Waals surface area (Å²) in [6.45, 7) is 0.701. The molecule has 1 nitrogen and oxygen atoms in total. The van der Waals surface area contributed by atoms with E-state index < -0.39 is 0 Å². The van der Waals surface area contributed by atoms with E-state index in [0.717, 1.165) is 11.8 Å². The van der Waals surface area contributed by atoms with Crippen molar-refractivity contribution in [3.8, 4) is 0 Å². The minimum absolute atomic E-state index is 0.701. The Labute approximate surface area is 136 Å². The summed E-state index contributed by atoms with van der Waals surface area (Å²) in [4.78, 5) is 0. The van der Waals surface area contributed by atoms with Gasteiger partial charge in [-0.15, -0.1) is 0 Å². The van der Waals surface area contributed by atoms with Crippen molar-refractivity contribution in [1.29, 1.82) is 0 Å². The van der Waals surface area contributed by atoms with Gasteiger partial charge in [0.15, 0.2) is 0 Å². The lowest BCUT2D eigenvalue weighted by Gasteiger charge is -2.35. The summed E-state index contributed by atoms with van der Waals surface area (Å²) in [6.07, 6.45) is 14.1. The van der Waals surface area contributed by atoms with Gasteiger partial charge in [0.25, 0.3) is 0 Å². The van der Waals surface area contributed by atoms with Gasteiger partial charge in [0, 0.05) is 6.54 Å². The van der Waals surface area contributed by atoms with Crippen LogP contribution < -0.4 is 5.73 Å². The second kappa shape index (κ2) is 7.97. The molecule has 0 spiro atoms. The fourth-order valence-corrected chi connectivity index (χ4v) is 4.70. The van der Waals surface area contributed by atoms with Crippen LogP contribution in [0, 0.1) is 11.8 Å². The van der Waals surface area contributed by atoms with Gasteiger partial charge < -0.3 is 5.73 Å². The number of hydrogen-bond donors (Lipinski definition) is 1. The quantitative estimate of drug-likeness (QED) is 0.773. The van der Waals surface area contributed by atoms with Gasteiger partial charge in [0.05, 0.1) is 0 Å². The number of benzene rings is 1. The summed E-state index contributed by atoms with van der Waals surface area (Å²) in [5, 5.41) is 0. The van der Waals surface area contributed by atoms with E-state index in [1.54, 1.807) is 5.57 Å². The molecule has 2 aliphatic carbocycles. The van der Waals surface area contributed by atoms with Gasteiger partial charge in [-0.25, -0.2) is 0 Å². The van der Waals surface area contributed by atoms with E-state index in [1.165, 1.54) is 75.3 Å². The number of allylic oxidation sites excluding steroid dienone is 1. The van der Waals surface area contributed by atoms with Crippen LogP contribution in [0.5, 0.6) is 0 Å². The molecular formula is C21H31N. The molecule has 1 aromatic carbocycles. The summed E-state index contributed by atoms with van der Waals surface area (Å²) in [5.74, 6) is 1.60. The Morgan fingerprint density at radius 1 is 0.773 bits per heavy atom. The third-order valence-corrected chi connectivity index (χ3v) is 5.76. The van der Waals surface area contributed by atoms with Gasteiger partial charge in [-0.1, -0.05) is 74.4 Å². The van der Waals surface area contributed by atoms with Crippen LogP contribution in [0.25, 0.3) is 5.57 Å². The monoisotopic (exact) mass is 297 g/mol. The van der Waals surface area contributed by atoms with E-state index in [0.29, 0.717) is 6.54 Å². The molecule has 0 heterocycles. The van der Waals surface area contributed by atoms with Gasteiger partial charge in [-0.3, -0.25) is 0 Å². The van der Waals surface area contributed by atoms with E-state index in [2.05, 4.69) is 30.3 Å². The molecule has 1 heteroatoms. The fraction of sp³-hybridized carbons (Fsp3) is 0.619. The third kappa shape index (κ3) is 3.63. The highest BCUT2D eigenvalue weighted by Crippen LogP contribution is 2.42. The van der Waals surface area contributed by atoms with Gasteiger partial charge in [0.1, 0.15) is 0 Å². The SMILES string of the molecule is NCC(=C(C1CCCCC1)C1CCCCC1)c1ccccc1. The minimum Gasteiger partial charge on any atom is -0.326 e. The summed E-state index contributed by atoms with van der Waals surface area (Å²) < 4.78 is 0. The first-order chi connectivity index (χ1) is 10.9. The van der Waals surface area contributed by atoms with Crippen LogP contribution in [0.3, 0.4) is 0 Å². The Hall–Kier alpha value is -1.08. The lowest BCUT2D eigenvalue weighted by atomic mass is 9.71. The van der Waals surface area contributed by atoms with E-state index in [9.17, 15) is 0 Å². The topological polar surface area (TPSA) is 26.0 Å². The average Bonchev–Trinajstić information content (AvgIpc) is 2.62. The Balaban J connectivity index is 1.98. The minimum atomic E-state index is 0.701. The normalized spacial score (nSPS) is 20.8. The molecule has 0 aromatic heterocycles. The van der Waals surface area contributed by atoms with Crippen molar-refractivity contribution in [2.24, 2.45) is 17.6 Å². The van der Waals surface area contributed by atoms with Crippen molar-refractivity contribution in [3.63, 3.8) is 0 Å². The van der Waals surface area contributed by atoms with Gasteiger partial charge in [-0.2, -0.15) is 0 Å². The lowest BCUT2D eigenvalue weighted by molar-refractivity contribution is 0.327. The van der Waals surface area contributed by atoms with E-state index in [1.807, 2.05) is 0 Å². The number of hydrogen-bond acceptors (Lipinski definition) is 1. The summed E-state index contributed by atoms with van der Waals surface area (Å²) in [6, 6.07) is 10.9. The van der Waals surface area contributed by atoms with Crippen LogP contribution in [0.2, 0.25) is 0 Å². The Morgan fingerprint density at radius 3 is 1.73 bits per heavy atom. The third-order valence-electron chi connectivity index (χ3n) is 5.76. The summed E-state index contributed by atoms with van der Waals surface area (Å²) >= 11 is 0. The molecule has 2 aliphatic rings. The summed E-state index contributed by atoms with van der Waals surface area (Å²) in [7, 11) is 0. The predicted octanol–water partition coefficient (Wildman–Crippen LogP) is 5.56. The van der Waals surface area contributed by atoms with E-state index in [4.69, 9.17) is 5.73 Å². The van der Waals surface area contributed by atoms with Crippen LogP contribution in [-0.4, -0.2) is 6.54 Å². The second-order valence-electron chi connectivity index (χ2n) is 7.17. The zero-order valence-electron chi connectivity index (χ0n) is 13.9. The van der Waals surface area contributed by atoms with Crippen molar-refractivity contribution in [2.45, 2.75) is 64.2 Å². The van der Waals surface area contributed by atoms with Gasteiger partial charge in [-0.05, 0) is 48.7 Å². The molecule has 0 bridgehead atoms. The largest absolute Gasteiger partial charge is 0.326 e. The molecule has 2 fully saturated rings. The Kier molecular flexibility index (Phi) is 5.72. The van der Waals surface area contributed by atoms with Gasteiger partial charge >= 0.3 is 0 Å². The van der Waals surface area contributed by atoms with E-state index >= 15 is 0 Å². The maximum Gasteiger partial charge on any atom is 0.0183 e. The molecule has 0 saturated heterocycles. The van der Waals surface area contributed by atoms with E-state index in [-0.39, 0.29) is 0 Å². The Bertz CT molecular complexity index is 456. The van der Waals surface area contributed by atoms with Crippen molar-refractivity contribution in [1.82, 2.24) is 0 Å². The van der Waals surface area contributed by atoms with Crippen LogP contribution >= 0.6 is 0 Å². The lowest BCUT2D eigenvalue weighted by Crippen LogP contribution is -2.22. The zero-order chi connectivity index (χ0) is 15.2.